The van der Waals surface area contributed by atoms with Gasteiger partial charge in [0.05, 0.1) is 23.9 Å². The number of hydrogen-bond donors (Lipinski definition) is 0. The first-order valence-corrected chi connectivity index (χ1v) is 5.84. The molecule has 0 aliphatic heterocycles. The van der Waals surface area contributed by atoms with Gasteiger partial charge in [0.25, 0.3) is 0 Å². The summed E-state index contributed by atoms with van der Waals surface area (Å²) in [5, 5.41) is 1.02. The Morgan fingerprint density at radius 2 is 2.12 bits per heavy atom. The van der Waals surface area contributed by atoms with Gasteiger partial charge < -0.3 is 9.47 Å². The minimum atomic E-state index is 0.349. The summed E-state index contributed by atoms with van der Waals surface area (Å²) in [5.41, 5.74) is 0.675. The molecule has 0 atom stereocenters. The van der Waals surface area contributed by atoms with Crippen LogP contribution < -0.4 is 9.47 Å². The zero-order chi connectivity index (χ0) is 12.3. The number of hydrogen-bond acceptors (Lipinski definition) is 4. The standard InChI is InChI=1S/C11H10Cl2N2O2/c1-16-7-4-8-10(11(13)15-6-14-8)9(5-7)17-3-2-12/h4-6H,2-3H2,1H3. The smallest absolute Gasteiger partial charge is 0.144 e. The summed E-state index contributed by atoms with van der Waals surface area (Å²) in [5.74, 6) is 1.62. The second-order valence-corrected chi connectivity index (χ2v) is 3.96. The van der Waals surface area contributed by atoms with Gasteiger partial charge in [0.1, 0.15) is 29.6 Å². The Morgan fingerprint density at radius 1 is 1.29 bits per heavy atom. The van der Waals surface area contributed by atoms with Gasteiger partial charge in [0.15, 0.2) is 0 Å². The Morgan fingerprint density at radius 3 is 2.82 bits per heavy atom. The zero-order valence-corrected chi connectivity index (χ0v) is 10.6. The Labute approximate surface area is 108 Å². The van der Waals surface area contributed by atoms with Crippen molar-refractivity contribution in [3.63, 3.8) is 0 Å². The summed E-state index contributed by atoms with van der Waals surface area (Å²) < 4.78 is 10.7. The van der Waals surface area contributed by atoms with Gasteiger partial charge in [-0.2, -0.15) is 0 Å². The molecule has 0 amide bonds. The van der Waals surface area contributed by atoms with Crippen molar-refractivity contribution in [3.05, 3.63) is 23.6 Å². The van der Waals surface area contributed by atoms with Gasteiger partial charge in [-0.25, -0.2) is 9.97 Å². The number of rotatable bonds is 4. The van der Waals surface area contributed by atoms with Crippen LogP contribution in [0.25, 0.3) is 10.9 Å². The molecule has 0 fully saturated rings. The monoisotopic (exact) mass is 272 g/mol. The Kier molecular flexibility index (Phi) is 3.86. The summed E-state index contributed by atoms with van der Waals surface area (Å²) >= 11 is 11.6. The lowest BCUT2D eigenvalue weighted by molar-refractivity contribution is 0.342. The number of alkyl halides is 1. The van der Waals surface area contributed by atoms with Gasteiger partial charge in [-0.05, 0) is 0 Å². The number of aromatic nitrogens is 2. The third-order valence-corrected chi connectivity index (χ3v) is 2.64. The normalized spacial score (nSPS) is 10.5. The van der Waals surface area contributed by atoms with E-state index < -0.39 is 0 Å². The van der Waals surface area contributed by atoms with Crippen molar-refractivity contribution in [2.45, 2.75) is 0 Å². The molecule has 0 spiro atoms. The fourth-order valence-corrected chi connectivity index (χ4v) is 1.78. The molecule has 0 aliphatic rings. The Balaban J connectivity index is 2.59. The van der Waals surface area contributed by atoms with E-state index in [0.717, 1.165) is 0 Å². The summed E-state index contributed by atoms with van der Waals surface area (Å²) in [4.78, 5) is 8.06. The highest BCUT2D eigenvalue weighted by Gasteiger charge is 2.11. The Hall–Kier alpha value is -1.26. The van der Waals surface area contributed by atoms with Gasteiger partial charge >= 0.3 is 0 Å². The first-order chi connectivity index (χ1) is 8.26. The van der Waals surface area contributed by atoms with Gasteiger partial charge in [-0.15, -0.1) is 11.6 Å². The van der Waals surface area contributed by atoms with Crippen LogP contribution in [-0.2, 0) is 0 Å². The van der Waals surface area contributed by atoms with Crippen LogP contribution in [-0.4, -0.2) is 29.6 Å². The molecule has 0 aliphatic carbocycles. The number of fused-ring (bicyclic) bond motifs is 1. The minimum absolute atomic E-state index is 0.349. The van der Waals surface area contributed by atoms with Crippen LogP contribution in [0.4, 0.5) is 0 Å². The van der Waals surface area contributed by atoms with Crippen LogP contribution in [0.2, 0.25) is 5.15 Å². The third-order valence-electron chi connectivity index (χ3n) is 2.20. The first kappa shape index (κ1) is 12.2. The van der Waals surface area contributed by atoms with E-state index in [1.165, 1.54) is 6.33 Å². The van der Waals surface area contributed by atoms with Crippen LogP contribution in [0.3, 0.4) is 0 Å². The third kappa shape index (κ3) is 2.53. The fourth-order valence-electron chi connectivity index (χ4n) is 1.47. The summed E-state index contributed by atoms with van der Waals surface area (Å²) in [7, 11) is 1.58. The van der Waals surface area contributed by atoms with Crippen molar-refractivity contribution in [1.82, 2.24) is 9.97 Å². The molecule has 17 heavy (non-hydrogen) atoms. The molecule has 0 unspecified atom stereocenters. The maximum absolute atomic E-state index is 6.03. The molecule has 2 aromatic rings. The lowest BCUT2D eigenvalue weighted by Crippen LogP contribution is -2.00. The Bertz CT molecular complexity index is 534. The van der Waals surface area contributed by atoms with E-state index in [1.54, 1.807) is 19.2 Å². The van der Waals surface area contributed by atoms with Crippen molar-refractivity contribution in [2.24, 2.45) is 0 Å². The summed E-state index contributed by atoms with van der Waals surface area (Å²) in [6, 6.07) is 3.51. The SMILES string of the molecule is COc1cc(OCCCl)c2c(Cl)ncnc2c1. The number of benzene rings is 1. The van der Waals surface area contributed by atoms with E-state index in [1.807, 2.05) is 0 Å². The highest BCUT2D eigenvalue weighted by Crippen LogP contribution is 2.33. The van der Waals surface area contributed by atoms with E-state index in [0.29, 0.717) is 40.0 Å². The van der Waals surface area contributed by atoms with E-state index >= 15 is 0 Å². The first-order valence-electron chi connectivity index (χ1n) is 4.93. The molecule has 1 aromatic carbocycles. The van der Waals surface area contributed by atoms with E-state index in [9.17, 15) is 0 Å². The fraction of sp³-hybridized carbons (Fsp3) is 0.273. The number of nitrogens with zero attached hydrogens (tertiary/aromatic N) is 2. The van der Waals surface area contributed by atoms with Gasteiger partial charge in [-0.3, -0.25) is 0 Å². The van der Waals surface area contributed by atoms with Crippen LogP contribution in [0.5, 0.6) is 11.5 Å². The maximum Gasteiger partial charge on any atom is 0.144 e. The summed E-state index contributed by atoms with van der Waals surface area (Å²) in [6.07, 6.45) is 1.40. The topological polar surface area (TPSA) is 44.2 Å². The molecule has 0 bridgehead atoms. The second-order valence-electron chi connectivity index (χ2n) is 3.22. The zero-order valence-electron chi connectivity index (χ0n) is 9.11. The molecule has 0 saturated carbocycles. The highest BCUT2D eigenvalue weighted by atomic mass is 35.5. The molecule has 0 radical (unpaired) electrons. The minimum Gasteiger partial charge on any atom is -0.497 e. The van der Waals surface area contributed by atoms with Crippen molar-refractivity contribution >= 4 is 34.1 Å². The molecule has 4 nitrogen and oxygen atoms in total. The van der Waals surface area contributed by atoms with Crippen molar-refractivity contribution in [1.29, 1.82) is 0 Å². The lowest BCUT2D eigenvalue weighted by atomic mass is 10.2. The van der Waals surface area contributed by atoms with E-state index in [-0.39, 0.29) is 0 Å². The second kappa shape index (κ2) is 5.38. The van der Waals surface area contributed by atoms with Gasteiger partial charge in [0, 0.05) is 12.1 Å². The molecular weight excluding hydrogens is 263 g/mol. The predicted octanol–water partition coefficient (Wildman–Crippen LogP) is 2.91. The molecule has 1 heterocycles. The molecule has 0 saturated heterocycles. The summed E-state index contributed by atoms with van der Waals surface area (Å²) in [6.45, 7) is 0.384. The number of halogens is 2. The molecule has 0 N–H and O–H groups in total. The molecule has 2 rings (SSSR count). The van der Waals surface area contributed by atoms with Crippen LogP contribution in [0, 0.1) is 0 Å². The number of methoxy groups -OCH3 is 1. The van der Waals surface area contributed by atoms with Crippen LogP contribution in [0.1, 0.15) is 0 Å². The highest BCUT2D eigenvalue weighted by molar-refractivity contribution is 6.34. The quantitative estimate of drug-likeness (QED) is 0.634. The molecule has 6 heteroatoms. The lowest BCUT2D eigenvalue weighted by Gasteiger charge is -2.10. The van der Waals surface area contributed by atoms with Crippen LogP contribution >= 0.6 is 23.2 Å². The molecule has 1 aromatic heterocycles. The van der Waals surface area contributed by atoms with Crippen LogP contribution in [0.15, 0.2) is 18.5 Å². The van der Waals surface area contributed by atoms with Crippen molar-refractivity contribution in [3.8, 4) is 11.5 Å². The maximum atomic E-state index is 6.03. The average molecular weight is 273 g/mol. The molecule has 90 valence electrons. The van der Waals surface area contributed by atoms with Gasteiger partial charge in [-0.1, -0.05) is 11.6 Å². The van der Waals surface area contributed by atoms with E-state index in [4.69, 9.17) is 32.7 Å². The average Bonchev–Trinajstić information content (AvgIpc) is 2.35. The van der Waals surface area contributed by atoms with Crippen molar-refractivity contribution in [2.75, 3.05) is 19.6 Å². The van der Waals surface area contributed by atoms with Gasteiger partial charge in [0.2, 0.25) is 0 Å². The number of ether oxygens (including phenoxy) is 2. The largest absolute Gasteiger partial charge is 0.497 e. The van der Waals surface area contributed by atoms with Crippen molar-refractivity contribution < 1.29 is 9.47 Å². The van der Waals surface area contributed by atoms with E-state index in [2.05, 4.69) is 9.97 Å². The molecular formula is C11H10Cl2N2O2. The predicted molar refractivity (Wildman–Crippen MR) is 67.3 cm³/mol.